The maximum atomic E-state index is 11.3. The number of carbonyl (C=O) groups excluding carboxylic acids is 1. The van der Waals surface area contributed by atoms with E-state index in [1.54, 1.807) is 0 Å². The highest BCUT2D eigenvalue weighted by Gasteiger charge is 2.33. The molecule has 3 nitrogen and oxygen atoms in total. The zero-order valence-electron chi connectivity index (χ0n) is 9.05. The predicted molar refractivity (Wildman–Crippen MR) is 55.8 cm³/mol. The van der Waals surface area contributed by atoms with E-state index in [9.17, 15) is 4.79 Å². The molecule has 1 aliphatic carbocycles. The Balaban J connectivity index is 2.55. The Morgan fingerprint density at radius 2 is 2.00 bits per heavy atom. The normalized spacial score (nSPS) is 20.4. The zero-order chi connectivity index (χ0) is 10.4. The number of rotatable bonds is 4. The Kier molecular flexibility index (Phi) is 4.39. The van der Waals surface area contributed by atoms with Crippen LogP contribution in [0.2, 0.25) is 0 Å². The molecule has 0 heterocycles. The van der Waals surface area contributed by atoms with Crippen LogP contribution in [0.4, 0.5) is 0 Å². The summed E-state index contributed by atoms with van der Waals surface area (Å²) in [5.74, 6) is -0.0830. The van der Waals surface area contributed by atoms with Crippen LogP contribution < -0.4 is 5.73 Å². The summed E-state index contributed by atoms with van der Waals surface area (Å²) in [7, 11) is 1.46. The summed E-state index contributed by atoms with van der Waals surface area (Å²) in [6.07, 6.45) is 7.56. The third kappa shape index (κ3) is 2.98. The molecule has 1 fully saturated rings. The summed E-state index contributed by atoms with van der Waals surface area (Å²) in [4.78, 5) is 11.3. The molecule has 0 aromatic rings. The topological polar surface area (TPSA) is 52.3 Å². The van der Waals surface area contributed by atoms with Gasteiger partial charge in [0.25, 0.3) is 0 Å². The lowest BCUT2D eigenvalue weighted by Gasteiger charge is -2.36. The first-order valence-electron chi connectivity index (χ1n) is 5.49. The van der Waals surface area contributed by atoms with Gasteiger partial charge >= 0.3 is 5.97 Å². The van der Waals surface area contributed by atoms with E-state index in [2.05, 4.69) is 0 Å². The first-order valence-corrected chi connectivity index (χ1v) is 5.49. The fourth-order valence-electron chi connectivity index (χ4n) is 2.50. The van der Waals surface area contributed by atoms with E-state index in [1.165, 1.54) is 26.4 Å². The summed E-state index contributed by atoms with van der Waals surface area (Å²) in [5.41, 5.74) is 5.76. The number of esters is 1. The Labute approximate surface area is 86.0 Å². The highest BCUT2D eigenvalue weighted by molar-refractivity contribution is 5.70. The van der Waals surface area contributed by atoms with Gasteiger partial charge < -0.3 is 10.5 Å². The van der Waals surface area contributed by atoms with E-state index in [1.807, 2.05) is 0 Å². The number of nitrogens with two attached hydrogens (primary N) is 1. The monoisotopic (exact) mass is 199 g/mol. The molecule has 0 unspecified atom stereocenters. The van der Waals surface area contributed by atoms with Gasteiger partial charge in [-0.2, -0.15) is 0 Å². The maximum Gasteiger partial charge on any atom is 0.306 e. The predicted octanol–water partition coefficient (Wildman–Crippen LogP) is 1.85. The van der Waals surface area contributed by atoms with Crippen LogP contribution in [0.15, 0.2) is 0 Å². The summed E-state index contributed by atoms with van der Waals surface area (Å²) in [6, 6.07) is 0. The Bertz CT molecular complexity index is 180. The van der Waals surface area contributed by atoms with Crippen molar-refractivity contribution in [2.75, 3.05) is 13.7 Å². The van der Waals surface area contributed by atoms with Gasteiger partial charge in [0.2, 0.25) is 0 Å². The molecule has 2 N–H and O–H groups in total. The van der Waals surface area contributed by atoms with Crippen molar-refractivity contribution in [3.8, 4) is 0 Å². The van der Waals surface area contributed by atoms with E-state index < -0.39 is 0 Å². The number of hydrogen-bond acceptors (Lipinski definition) is 3. The van der Waals surface area contributed by atoms with Gasteiger partial charge in [0.15, 0.2) is 0 Å². The smallest absolute Gasteiger partial charge is 0.306 e. The quantitative estimate of drug-likeness (QED) is 0.703. The second-order valence-electron chi connectivity index (χ2n) is 4.35. The van der Waals surface area contributed by atoms with Gasteiger partial charge in [-0.15, -0.1) is 0 Å². The van der Waals surface area contributed by atoms with Gasteiger partial charge in [-0.05, 0) is 31.2 Å². The van der Waals surface area contributed by atoms with Crippen LogP contribution in [0.1, 0.15) is 44.9 Å². The van der Waals surface area contributed by atoms with Gasteiger partial charge in [0, 0.05) is 0 Å². The molecule has 3 heteroatoms. The molecule has 0 aliphatic heterocycles. The van der Waals surface area contributed by atoms with Crippen LogP contribution in [0.3, 0.4) is 0 Å². The summed E-state index contributed by atoms with van der Waals surface area (Å²) in [5, 5.41) is 0. The minimum absolute atomic E-state index is 0.0830. The van der Waals surface area contributed by atoms with E-state index in [0.29, 0.717) is 13.0 Å². The van der Waals surface area contributed by atoms with Crippen molar-refractivity contribution in [2.45, 2.75) is 44.9 Å². The van der Waals surface area contributed by atoms with Crippen molar-refractivity contribution < 1.29 is 9.53 Å². The minimum atomic E-state index is -0.0830. The minimum Gasteiger partial charge on any atom is -0.469 e. The summed E-state index contributed by atoms with van der Waals surface area (Å²) >= 11 is 0. The lowest BCUT2D eigenvalue weighted by atomic mass is 9.70. The van der Waals surface area contributed by atoms with E-state index in [0.717, 1.165) is 19.3 Å². The molecule has 0 spiro atoms. The van der Waals surface area contributed by atoms with Gasteiger partial charge in [-0.3, -0.25) is 4.79 Å². The Morgan fingerprint density at radius 1 is 1.36 bits per heavy atom. The molecule has 0 atom stereocenters. The molecule has 82 valence electrons. The number of carbonyl (C=O) groups is 1. The second-order valence-corrected chi connectivity index (χ2v) is 4.35. The first-order chi connectivity index (χ1) is 6.72. The van der Waals surface area contributed by atoms with Crippen molar-refractivity contribution >= 4 is 5.97 Å². The lowest BCUT2D eigenvalue weighted by molar-refractivity contribution is -0.144. The fraction of sp³-hybridized carbons (Fsp3) is 0.909. The molecule has 1 saturated carbocycles. The maximum absolute atomic E-state index is 11.3. The van der Waals surface area contributed by atoms with Crippen LogP contribution in [0.25, 0.3) is 0 Å². The van der Waals surface area contributed by atoms with Gasteiger partial charge in [-0.25, -0.2) is 0 Å². The molecule has 0 saturated heterocycles. The van der Waals surface area contributed by atoms with Gasteiger partial charge in [-0.1, -0.05) is 19.3 Å². The average molecular weight is 199 g/mol. The molecule has 0 amide bonds. The molecule has 0 radical (unpaired) electrons. The van der Waals surface area contributed by atoms with Crippen LogP contribution in [-0.4, -0.2) is 19.6 Å². The summed E-state index contributed by atoms with van der Waals surface area (Å²) < 4.78 is 4.74. The van der Waals surface area contributed by atoms with Gasteiger partial charge in [0.1, 0.15) is 0 Å². The largest absolute Gasteiger partial charge is 0.469 e. The SMILES string of the molecule is COC(=O)CC1(CCN)CCCCC1. The zero-order valence-corrected chi connectivity index (χ0v) is 9.05. The standard InChI is InChI=1S/C11H21NO2/c1-14-10(13)9-11(7-8-12)5-3-2-4-6-11/h2-9,12H2,1H3. The Hall–Kier alpha value is -0.570. The molecule has 0 bridgehead atoms. The molecule has 0 aromatic heterocycles. The highest BCUT2D eigenvalue weighted by Crippen LogP contribution is 2.42. The van der Waals surface area contributed by atoms with Crippen molar-refractivity contribution in [1.29, 1.82) is 0 Å². The number of ether oxygens (including phenoxy) is 1. The molecule has 0 aromatic carbocycles. The molecular formula is C11H21NO2. The van der Waals surface area contributed by atoms with Crippen molar-refractivity contribution in [1.82, 2.24) is 0 Å². The van der Waals surface area contributed by atoms with Crippen molar-refractivity contribution in [3.63, 3.8) is 0 Å². The molecule has 1 aliphatic rings. The molecule has 14 heavy (non-hydrogen) atoms. The van der Waals surface area contributed by atoms with E-state index in [-0.39, 0.29) is 11.4 Å². The molecular weight excluding hydrogens is 178 g/mol. The first kappa shape index (κ1) is 11.5. The summed E-state index contributed by atoms with van der Waals surface area (Å²) in [6.45, 7) is 0.678. The van der Waals surface area contributed by atoms with E-state index in [4.69, 9.17) is 10.5 Å². The van der Waals surface area contributed by atoms with E-state index >= 15 is 0 Å². The third-order valence-corrected chi connectivity index (χ3v) is 3.34. The third-order valence-electron chi connectivity index (χ3n) is 3.34. The van der Waals surface area contributed by atoms with Crippen LogP contribution in [0, 0.1) is 5.41 Å². The number of methoxy groups -OCH3 is 1. The molecule has 1 rings (SSSR count). The van der Waals surface area contributed by atoms with Crippen LogP contribution >= 0.6 is 0 Å². The number of hydrogen-bond donors (Lipinski definition) is 1. The van der Waals surface area contributed by atoms with Crippen LogP contribution in [0.5, 0.6) is 0 Å². The Morgan fingerprint density at radius 3 is 2.50 bits per heavy atom. The van der Waals surface area contributed by atoms with Crippen molar-refractivity contribution in [2.24, 2.45) is 11.1 Å². The average Bonchev–Trinajstić information content (AvgIpc) is 2.19. The van der Waals surface area contributed by atoms with Crippen LogP contribution in [-0.2, 0) is 9.53 Å². The van der Waals surface area contributed by atoms with Gasteiger partial charge in [0.05, 0.1) is 13.5 Å². The van der Waals surface area contributed by atoms with Crippen molar-refractivity contribution in [3.05, 3.63) is 0 Å². The fourth-order valence-corrected chi connectivity index (χ4v) is 2.50. The second kappa shape index (κ2) is 5.35. The highest BCUT2D eigenvalue weighted by atomic mass is 16.5. The lowest BCUT2D eigenvalue weighted by Crippen LogP contribution is -2.30.